The van der Waals surface area contributed by atoms with Crippen molar-refractivity contribution in [2.75, 3.05) is 11.1 Å². The fourth-order valence-corrected chi connectivity index (χ4v) is 2.07. The molecule has 2 aromatic heterocycles. The van der Waals surface area contributed by atoms with Gasteiger partial charge in [-0.3, -0.25) is 14.5 Å². The minimum absolute atomic E-state index is 0.285. The Morgan fingerprint density at radius 2 is 2.32 bits per heavy atom. The topological polar surface area (TPSA) is 85.8 Å². The molecule has 2 heterocycles. The number of nitrogen functional groups attached to an aromatic ring is 1. The van der Waals surface area contributed by atoms with Crippen molar-refractivity contribution in [3.63, 3.8) is 0 Å². The second-order valence-electron chi connectivity index (χ2n) is 3.97. The van der Waals surface area contributed by atoms with Crippen LogP contribution in [0.1, 0.15) is 23.1 Å². The van der Waals surface area contributed by atoms with Gasteiger partial charge in [-0.15, -0.1) is 0 Å². The molecule has 100 valence electrons. The molecule has 0 saturated heterocycles. The quantitative estimate of drug-likeness (QED) is 0.906. The number of pyridine rings is 1. The number of hydrogen-bond acceptors (Lipinski definition) is 4. The number of hydrogen-bond donors (Lipinski definition) is 2. The minimum Gasteiger partial charge on any atom is -0.395 e. The van der Waals surface area contributed by atoms with Gasteiger partial charge in [-0.1, -0.05) is 0 Å². The van der Waals surface area contributed by atoms with Crippen molar-refractivity contribution < 1.29 is 4.79 Å². The highest BCUT2D eigenvalue weighted by Crippen LogP contribution is 2.23. The van der Waals surface area contributed by atoms with E-state index in [9.17, 15) is 4.79 Å². The first-order chi connectivity index (χ1) is 9.04. The largest absolute Gasteiger partial charge is 0.395 e. The Labute approximate surface area is 119 Å². The molecule has 3 N–H and O–H groups in total. The highest BCUT2D eigenvalue weighted by molar-refractivity contribution is 9.10. The molecule has 7 heteroatoms. The van der Waals surface area contributed by atoms with E-state index in [0.717, 1.165) is 0 Å². The molecule has 0 saturated carbocycles. The van der Waals surface area contributed by atoms with Crippen molar-refractivity contribution in [3.8, 4) is 0 Å². The lowest BCUT2D eigenvalue weighted by Gasteiger charge is -2.08. The number of nitrogens with one attached hydrogen (secondary N) is 1. The van der Waals surface area contributed by atoms with Gasteiger partial charge in [-0.05, 0) is 35.8 Å². The predicted molar refractivity (Wildman–Crippen MR) is 76.9 cm³/mol. The summed E-state index contributed by atoms with van der Waals surface area (Å²) in [5.41, 5.74) is 7.98. The van der Waals surface area contributed by atoms with E-state index in [1.165, 1.54) is 0 Å². The summed E-state index contributed by atoms with van der Waals surface area (Å²) in [6.45, 7) is 4.27. The number of nitrogens with zero attached hydrogens (tertiary/aromatic N) is 3. The fourth-order valence-electron chi connectivity index (χ4n) is 1.72. The number of aromatic nitrogens is 3. The van der Waals surface area contributed by atoms with Crippen LogP contribution in [0.3, 0.4) is 0 Å². The van der Waals surface area contributed by atoms with E-state index >= 15 is 0 Å². The molecular formula is C12H14BrN5O. The lowest BCUT2D eigenvalue weighted by molar-refractivity contribution is 0.101. The summed E-state index contributed by atoms with van der Waals surface area (Å²) in [6.07, 6.45) is 3.22. The van der Waals surface area contributed by atoms with Crippen LogP contribution in [0.2, 0.25) is 0 Å². The van der Waals surface area contributed by atoms with Crippen LogP contribution in [0.15, 0.2) is 22.9 Å². The molecule has 0 aliphatic rings. The average molecular weight is 324 g/mol. The maximum absolute atomic E-state index is 12.3. The summed E-state index contributed by atoms with van der Waals surface area (Å²) in [5, 5.41) is 7.01. The van der Waals surface area contributed by atoms with Gasteiger partial charge in [-0.2, -0.15) is 5.10 Å². The van der Waals surface area contributed by atoms with Gasteiger partial charge in [0.1, 0.15) is 5.69 Å². The Bertz CT molecular complexity index is 623. The van der Waals surface area contributed by atoms with E-state index in [1.54, 1.807) is 30.1 Å². The van der Waals surface area contributed by atoms with Crippen LogP contribution >= 0.6 is 15.9 Å². The third kappa shape index (κ3) is 2.60. The van der Waals surface area contributed by atoms with Crippen molar-refractivity contribution in [2.24, 2.45) is 0 Å². The van der Waals surface area contributed by atoms with E-state index in [2.05, 4.69) is 31.3 Å². The monoisotopic (exact) mass is 323 g/mol. The zero-order chi connectivity index (χ0) is 14.0. The Morgan fingerprint density at radius 3 is 2.95 bits per heavy atom. The lowest BCUT2D eigenvalue weighted by atomic mass is 10.3. The van der Waals surface area contributed by atoms with Crippen LogP contribution < -0.4 is 11.1 Å². The fraction of sp³-hybridized carbons (Fsp3) is 0.250. The van der Waals surface area contributed by atoms with Crippen molar-refractivity contribution in [2.45, 2.75) is 20.4 Å². The van der Waals surface area contributed by atoms with Gasteiger partial charge in [0.05, 0.1) is 21.5 Å². The number of halogens is 1. The number of anilines is 2. The molecule has 0 aliphatic heterocycles. The van der Waals surface area contributed by atoms with E-state index < -0.39 is 0 Å². The van der Waals surface area contributed by atoms with Gasteiger partial charge in [-0.25, -0.2) is 0 Å². The number of carbonyl (C=O) groups is 1. The smallest absolute Gasteiger partial charge is 0.276 e. The summed E-state index contributed by atoms with van der Waals surface area (Å²) >= 11 is 3.33. The van der Waals surface area contributed by atoms with Crippen LogP contribution in [0, 0.1) is 6.92 Å². The van der Waals surface area contributed by atoms with Crippen molar-refractivity contribution in [1.82, 2.24) is 14.8 Å². The molecule has 0 atom stereocenters. The molecule has 0 aromatic carbocycles. The number of rotatable bonds is 3. The van der Waals surface area contributed by atoms with Gasteiger partial charge in [0, 0.05) is 18.9 Å². The van der Waals surface area contributed by atoms with Gasteiger partial charge < -0.3 is 11.1 Å². The van der Waals surface area contributed by atoms with Gasteiger partial charge in [0.25, 0.3) is 5.91 Å². The van der Waals surface area contributed by atoms with Crippen molar-refractivity contribution in [3.05, 3.63) is 34.3 Å². The zero-order valence-corrected chi connectivity index (χ0v) is 12.2. The molecule has 6 nitrogen and oxygen atoms in total. The van der Waals surface area contributed by atoms with E-state index in [-0.39, 0.29) is 5.91 Å². The molecule has 2 aromatic rings. The molecular weight excluding hydrogens is 310 g/mol. The lowest BCUT2D eigenvalue weighted by Crippen LogP contribution is -2.19. The maximum Gasteiger partial charge on any atom is 0.276 e. The number of amides is 1. The molecule has 1 amide bonds. The summed E-state index contributed by atoms with van der Waals surface area (Å²) in [4.78, 5) is 16.2. The summed E-state index contributed by atoms with van der Waals surface area (Å²) in [6, 6.07) is 1.71. The third-order valence-corrected chi connectivity index (χ3v) is 3.34. The number of aryl methyl sites for hydroxylation is 2. The van der Waals surface area contributed by atoms with Crippen LogP contribution in [0.25, 0.3) is 0 Å². The maximum atomic E-state index is 12.3. The van der Waals surface area contributed by atoms with Gasteiger partial charge >= 0.3 is 0 Å². The van der Waals surface area contributed by atoms with Crippen LogP contribution in [-0.2, 0) is 6.54 Å². The van der Waals surface area contributed by atoms with Gasteiger partial charge in [0.15, 0.2) is 0 Å². The summed E-state index contributed by atoms with van der Waals surface area (Å²) < 4.78 is 2.30. The zero-order valence-electron chi connectivity index (χ0n) is 10.6. The second kappa shape index (κ2) is 5.40. The number of nitrogens with two attached hydrogens (primary N) is 1. The molecule has 0 unspecified atom stereocenters. The van der Waals surface area contributed by atoms with Gasteiger partial charge in [0.2, 0.25) is 0 Å². The Kier molecular flexibility index (Phi) is 3.84. The molecule has 0 radical (unpaired) electrons. The molecule has 0 aliphatic carbocycles. The SMILES string of the molecule is CCn1nc(C)c(N)c1C(=O)Nc1ccncc1Br. The Balaban J connectivity index is 2.33. The normalized spacial score (nSPS) is 10.5. The van der Waals surface area contributed by atoms with Crippen molar-refractivity contribution in [1.29, 1.82) is 0 Å². The first-order valence-electron chi connectivity index (χ1n) is 5.78. The second-order valence-corrected chi connectivity index (χ2v) is 4.83. The first-order valence-corrected chi connectivity index (χ1v) is 6.57. The average Bonchev–Trinajstić information content (AvgIpc) is 2.68. The molecule has 19 heavy (non-hydrogen) atoms. The molecule has 2 rings (SSSR count). The molecule has 0 spiro atoms. The van der Waals surface area contributed by atoms with E-state index in [4.69, 9.17) is 5.73 Å². The highest BCUT2D eigenvalue weighted by atomic mass is 79.9. The van der Waals surface area contributed by atoms with Crippen LogP contribution in [-0.4, -0.2) is 20.7 Å². The van der Waals surface area contributed by atoms with Crippen molar-refractivity contribution >= 4 is 33.2 Å². The van der Waals surface area contributed by atoms with Crippen LogP contribution in [0.4, 0.5) is 11.4 Å². The van der Waals surface area contributed by atoms with E-state index in [1.807, 2.05) is 6.92 Å². The Morgan fingerprint density at radius 1 is 1.58 bits per heavy atom. The first kappa shape index (κ1) is 13.5. The highest BCUT2D eigenvalue weighted by Gasteiger charge is 2.19. The summed E-state index contributed by atoms with van der Waals surface area (Å²) in [7, 11) is 0. The van der Waals surface area contributed by atoms with Crippen LogP contribution in [0.5, 0.6) is 0 Å². The minimum atomic E-state index is -0.285. The number of carbonyl (C=O) groups excluding carboxylic acids is 1. The molecule has 0 fully saturated rings. The predicted octanol–water partition coefficient (Wildman–Crippen LogP) is 2.20. The Hall–Kier alpha value is -1.89. The standard InChI is InChI=1S/C12H14BrN5O/c1-3-18-11(10(14)7(2)17-18)12(19)16-9-4-5-15-6-8(9)13/h4-6H,3,14H2,1-2H3,(H,15,16,19). The summed E-state index contributed by atoms with van der Waals surface area (Å²) in [5.74, 6) is -0.285. The van der Waals surface area contributed by atoms with E-state index in [0.29, 0.717) is 33.8 Å². The third-order valence-electron chi connectivity index (χ3n) is 2.71. The molecule has 0 bridgehead atoms.